The average Bonchev–Trinajstić information content (AvgIpc) is 2.92. The molecule has 0 fully saturated rings. The molecule has 6 nitrogen and oxygen atoms in total. The quantitative estimate of drug-likeness (QED) is 0.802. The van der Waals surface area contributed by atoms with Gasteiger partial charge in [-0.1, -0.05) is 17.3 Å². The van der Waals surface area contributed by atoms with E-state index in [0.29, 0.717) is 0 Å². The van der Waals surface area contributed by atoms with Gasteiger partial charge in [-0.05, 0) is 42.8 Å². The third kappa shape index (κ3) is 2.76. The summed E-state index contributed by atoms with van der Waals surface area (Å²) in [7, 11) is 1.61. The molecule has 0 saturated heterocycles. The molecule has 0 unspecified atom stereocenters. The van der Waals surface area contributed by atoms with Gasteiger partial charge in [-0.25, -0.2) is 4.68 Å². The lowest BCUT2D eigenvalue weighted by Crippen LogP contribution is -2.20. The second-order valence-electron chi connectivity index (χ2n) is 4.96. The van der Waals surface area contributed by atoms with Crippen molar-refractivity contribution in [3.8, 4) is 5.75 Å². The maximum Gasteiger partial charge on any atom is 0.246 e. The first-order valence-corrected chi connectivity index (χ1v) is 6.90. The van der Waals surface area contributed by atoms with Gasteiger partial charge in [-0.15, -0.1) is 5.10 Å². The molecule has 0 radical (unpaired) electrons. The molecule has 0 saturated carbocycles. The fraction of sp³-hybridized carbons (Fsp3) is 0.188. The third-order valence-electron chi connectivity index (χ3n) is 3.42. The van der Waals surface area contributed by atoms with E-state index in [1.807, 2.05) is 49.4 Å². The zero-order valence-electron chi connectivity index (χ0n) is 12.4. The van der Waals surface area contributed by atoms with Crippen molar-refractivity contribution >= 4 is 22.6 Å². The number of nitrogens with zero attached hydrogens (tertiary/aromatic N) is 3. The van der Waals surface area contributed by atoms with Crippen molar-refractivity contribution in [3.63, 3.8) is 0 Å². The van der Waals surface area contributed by atoms with Crippen molar-refractivity contribution < 1.29 is 9.53 Å². The Labute approximate surface area is 127 Å². The van der Waals surface area contributed by atoms with Crippen LogP contribution in [0.25, 0.3) is 11.0 Å². The van der Waals surface area contributed by atoms with Gasteiger partial charge in [-0.2, -0.15) is 0 Å². The van der Waals surface area contributed by atoms with E-state index in [4.69, 9.17) is 4.74 Å². The van der Waals surface area contributed by atoms with E-state index in [1.165, 1.54) is 0 Å². The molecule has 0 atom stereocenters. The first kappa shape index (κ1) is 14.1. The number of aromatic nitrogens is 3. The Hall–Kier alpha value is -2.89. The number of amides is 1. The number of benzene rings is 2. The third-order valence-corrected chi connectivity index (χ3v) is 3.42. The summed E-state index contributed by atoms with van der Waals surface area (Å²) in [6.45, 7) is 2.04. The van der Waals surface area contributed by atoms with Crippen LogP contribution >= 0.6 is 0 Å². The van der Waals surface area contributed by atoms with Crippen LogP contribution in [0.15, 0.2) is 42.5 Å². The van der Waals surface area contributed by atoms with Gasteiger partial charge < -0.3 is 10.1 Å². The Kier molecular flexibility index (Phi) is 3.74. The van der Waals surface area contributed by atoms with Gasteiger partial charge in [0, 0.05) is 5.69 Å². The molecule has 3 aromatic rings. The molecule has 0 bridgehead atoms. The first-order valence-electron chi connectivity index (χ1n) is 6.90. The number of rotatable bonds is 4. The largest absolute Gasteiger partial charge is 0.497 e. The molecule has 1 N–H and O–H groups in total. The molecule has 22 heavy (non-hydrogen) atoms. The average molecular weight is 296 g/mol. The molecule has 1 heterocycles. The number of carbonyl (C=O) groups excluding carboxylic acids is 1. The van der Waals surface area contributed by atoms with Gasteiger partial charge in [0.25, 0.3) is 0 Å². The van der Waals surface area contributed by atoms with Crippen LogP contribution in [-0.4, -0.2) is 28.0 Å². The Balaban J connectivity index is 1.75. The van der Waals surface area contributed by atoms with Crippen molar-refractivity contribution in [2.75, 3.05) is 12.4 Å². The molecule has 112 valence electrons. The summed E-state index contributed by atoms with van der Waals surface area (Å²) in [5.74, 6) is 0.613. The monoisotopic (exact) mass is 296 g/mol. The van der Waals surface area contributed by atoms with Crippen LogP contribution in [0.4, 0.5) is 5.69 Å². The molecule has 0 aliphatic carbocycles. The summed E-state index contributed by atoms with van der Waals surface area (Å²) in [5.41, 5.74) is 3.31. The van der Waals surface area contributed by atoms with Gasteiger partial charge in [0.2, 0.25) is 5.91 Å². The lowest BCUT2D eigenvalue weighted by molar-refractivity contribution is -0.116. The Bertz CT molecular complexity index is 826. The van der Waals surface area contributed by atoms with E-state index < -0.39 is 0 Å². The van der Waals surface area contributed by atoms with E-state index >= 15 is 0 Å². The van der Waals surface area contributed by atoms with Crippen LogP contribution in [0.5, 0.6) is 5.75 Å². The number of methoxy groups -OCH3 is 1. The Morgan fingerprint density at radius 3 is 2.86 bits per heavy atom. The minimum Gasteiger partial charge on any atom is -0.497 e. The first-order chi connectivity index (χ1) is 10.7. The van der Waals surface area contributed by atoms with Crippen LogP contribution in [0.3, 0.4) is 0 Å². The number of fused-ring (bicyclic) bond motifs is 1. The predicted octanol–water partition coefficient (Wildman–Crippen LogP) is 2.39. The van der Waals surface area contributed by atoms with Gasteiger partial charge in [0.05, 0.1) is 12.6 Å². The fourth-order valence-corrected chi connectivity index (χ4v) is 2.26. The number of para-hydroxylation sites is 1. The number of aryl methyl sites for hydroxylation is 1. The van der Waals surface area contributed by atoms with E-state index in [1.54, 1.807) is 11.8 Å². The van der Waals surface area contributed by atoms with Crippen molar-refractivity contribution in [1.82, 2.24) is 15.0 Å². The van der Waals surface area contributed by atoms with Crippen LogP contribution < -0.4 is 10.1 Å². The minimum atomic E-state index is -0.149. The maximum atomic E-state index is 12.2. The number of carbonyl (C=O) groups is 1. The minimum absolute atomic E-state index is 0.117. The Morgan fingerprint density at radius 1 is 1.27 bits per heavy atom. The second kappa shape index (κ2) is 5.85. The van der Waals surface area contributed by atoms with Gasteiger partial charge in [0.15, 0.2) is 0 Å². The highest BCUT2D eigenvalue weighted by Gasteiger charge is 2.10. The Morgan fingerprint density at radius 2 is 2.09 bits per heavy atom. The molecule has 1 amide bonds. The zero-order valence-corrected chi connectivity index (χ0v) is 12.4. The fourth-order valence-electron chi connectivity index (χ4n) is 2.26. The topological polar surface area (TPSA) is 69.0 Å². The summed E-state index contributed by atoms with van der Waals surface area (Å²) >= 11 is 0. The van der Waals surface area contributed by atoms with E-state index in [0.717, 1.165) is 28.0 Å². The summed E-state index contributed by atoms with van der Waals surface area (Å²) < 4.78 is 6.74. The lowest BCUT2D eigenvalue weighted by Gasteiger charge is -2.10. The van der Waals surface area contributed by atoms with Crippen LogP contribution in [0, 0.1) is 6.92 Å². The number of anilines is 1. The molecule has 6 heteroatoms. The summed E-state index contributed by atoms with van der Waals surface area (Å²) in [4.78, 5) is 12.2. The highest BCUT2D eigenvalue weighted by atomic mass is 16.5. The van der Waals surface area contributed by atoms with Crippen LogP contribution in [0.2, 0.25) is 0 Å². The van der Waals surface area contributed by atoms with Crippen LogP contribution in [0.1, 0.15) is 5.56 Å². The standard InChI is InChI=1S/C16H16N4O2/c1-11-9-12(22-2)7-8-13(11)17-16(21)10-20-15-6-4-3-5-14(15)18-19-20/h3-9H,10H2,1-2H3,(H,17,21). The van der Waals surface area contributed by atoms with Crippen molar-refractivity contribution in [3.05, 3.63) is 48.0 Å². The summed E-state index contributed by atoms with van der Waals surface area (Å²) in [6.07, 6.45) is 0. The van der Waals surface area contributed by atoms with Gasteiger partial charge in [0.1, 0.15) is 17.8 Å². The van der Waals surface area contributed by atoms with Crippen molar-refractivity contribution in [2.45, 2.75) is 13.5 Å². The molecule has 0 spiro atoms. The van der Waals surface area contributed by atoms with Gasteiger partial charge in [-0.3, -0.25) is 4.79 Å². The molecule has 0 aliphatic rings. The molecule has 1 aromatic heterocycles. The highest BCUT2D eigenvalue weighted by molar-refractivity contribution is 5.92. The van der Waals surface area contributed by atoms with Gasteiger partial charge >= 0.3 is 0 Å². The van der Waals surface area contributed by atoms with E-state index in [9.17, 15) is 4.79 Å². The SMILES string of the molecule is COc1ccc(NC(=O)Cn2nnc3ccccc32)c(C)c1. The highest BCUT2D eigenvalue weighted by Crippen LogP contribution is 2.21. The number of nitrogens with one attached hydrogen (secondary N) is 1. The van der Waals surface area contributed by atoms with E-state index in [2.05, 4.69) is 15.6 Å². The van der Waals surface area contributed by atoms with Crippen molar-refractivity contribution in [2.24, 2.45) is 0 Å². The molecular weight excluding hydrogens is 280 g/mol. The summed E-state index contributed by atoms with van der Waals surface area (Å²) in [5, 5.41) is 10.9. The van der Waals surface area contributed by atoms with Crippen molar-refractivity contribution in [1.29, 1.82) is 0 Å². The summed E-state index contributed by atoms with van der Waals surface area (Å²) in [6, 6.07) is 13.1. The molecule has 2 aromatic carbocycles. The predicted molar refractivity (Wildman–Crippen MR) is 83.9 cm³/mol. The van der Waals surface area contributed by atoms with Crippen LogP contribution in [-0.2, 0) is 11.3 Å². The number of ether oxygens (including phenoxy) is 1. The molecule has 0 aliphatic heterocycles. The smallest absolute Gasteiger partial charge is 0.246 e. The molecular formula is C16H16N4O2. The lowest BCUT2D eigenvalue weighted by atomic mass is 10.2. The maximum absolute atomic E-state index is 12.2. The number of hydrogen-bond donors (Lipinski definition) is 1. The second-order valence-corrected chi connectivity index (χ2v) is 4.96. The normalized spacial score (nSPS) is 10.6. The number of hydrogen-bond acceptors (Lipinski definition) is 4. The van der Waals surface area contributed by atoms with E-state index in [-0.39, 0.29) is 12.5 Å². The zero-order chi connectivity index (χ0) is 15.5. The molecule has 3 rings (SSSR count).